The van der Waals surface area contributed by atoms with E-state index in [1.807, 2.05) is 48.5 Å². The zero-order valence-electron chi connectivity index (χ0n) is 20.6. The molecule has 0 fully saturated rings. The lowest BCUT2D eigenvalue weighted by Gasteiger charge is -2.12. The lowest BCUT2D eigenvalue weighted by atomic mass is 10.1. The fourth-order valence-electron chi connectivity index (χ4n) is 3.84. The van der Waals surface area contributed by atoms with Crippen LogP contribution in [-0.2, 0) is 29.0 Å². The SMILES string of the molecule is O=C(CCCCCOCCc1ccccc1)NCCc1cccc([N+](=O)[O-])c1OCc1ccccc1. The molecule has 3 aromatic carbocycles. The van der Waals surface area contributed by atoms with Crippen molar-refractivity contribution in [3.05, 3.63) is 106 Å². The Balaban J connectivity index is 1.33. The smallest absolute Gasteiger partial charge is 0.311 e. The average molecular weight is 491 g/mol. The molecule has 1 amide bonds. The van der Waals surface area contributed by atoms with E-state index in [4.69, 9.17) is 9.47 Å². The second-order valence-electron chi connectivity index (χ2n) is 8.56. The fraction of sp³-hybridized carbons (Fsp3) is 0.345. The number of nitrogens with one attached hydrogen (secondary N) is 1. The predicted octanol–water partition coefficient (Wildman–Crippen LogP) is 5.65. The van der Waals surface area contributed by atoms with E-state index in [9.17, 15) is 14.9 Å². The van der Waals surface area contributed by atoms with Gasteiger partial charge in [0.2, 0.25) is 11.7 Å². The van der Waals surface area contributed by atoms with Crippen molar-refractivity contribution in [1.29, 1.82) is 0 Å². The standard InChI is InChI=1S/C29H34N2O5/c32-28(17-8-3-9-21-35-22-19-24-11-4-1-5-12-24)30-20-18-26-15-10-16-27(31(33)34)29(26)36-23-25-13-6-2-7-14-25/h1-2,4-7,10-16H,3,8-9,17-23H2,(H,30,32). The van der Waals surface area contributed by atoms with Crippen LogP contribution >= 0.6 is 0 Å². The van der Waals surface area contributed by atoms with Crippen LogP contribution in [0.5, 0.6) is 5.75 Å². The van der Waals surface area contributed by atoms with Crippen LogP contribution in [-0.4, -0.2) is 30.6 Å². The van der Waals surface area contributed by atoms with Crippen LogP contribution in [0.1, 0.15) is 42.4 Å². The molecule has 0 unspecified atom stereocenters. The van der Waals surface area contributed by atoms with Crippen LogP contribution in [0.25, 0.3) is 0 Å². The molecule has 0 spiro atoms. The predicted molar refractivity (Wildman–Crippen MR) is 140 cm³/mol. The maximum absolute atomic E-state index is 12.2. The first-order chi connectivity index (χ1) is 17.6. The Labute approximate surface area is 212 Å². The van der Waals surface area contributed by atoms with Crippen molar-refractivity contribution in [3.63, 3.8) is 0 Å². The minimum atomic E-state index is -0.437. The highest BCUT2D eigenvalue weighted by atomic mass is 16.6. The molecule has 3 rings (SSSR count). The van der Waals surface area contributed by atoms with Crippen molar-refractivity contribution in [2.75, 3.05) is 19.8 Å². The molecule has 7 nitrogen and oxygen atoms in total. The number of benzene rings is 3. The van der Waals surface area contributed by atoms with E-state index in [0.717, 1.165) is 31.2 Å². The summed E-state index contributed by atoms with van der Waals surface area (Å²) in [7, 11) is 0. The van der Waals surface area contributed by atoms with Gasteiger partial charge in [0.05, 0.1) is 11.5 Å². The summed E-state index contributed by atoms with van der Waals surface area (Å²) >= 11 is 0. The van der Waals surface area contributed by atoms with Gasteiger partial charge < -0.3 is 14.8 Å². The summed E-state index contributed by atoms with van der Waals surface area (Å²) in [4.78, 5) is 23.3. The van der Waals surface area contributed by atoms with Crippen molar-refractivity contribution in [3.8, 4) is 5.75 Å². The van der Waals surface area contributed by atoms with Crippen molar-refractivity contribution in [1.82, 2.24) is 5.32 Å². The molecule has 0 aromatic heterocycles. The normalized spacial score (nSPS) is 10.7. The molecule has 0 radical (unpaired) electrons. The summed E-state index contributed by atoms with van der Waals surface area (Å²) in [6, 6.07) is 24.7. The molecule has 0 atom stereocenters. The third kappa shape index (κ3) is 9.50. The van der Waals surface area contributed by atoms with E-state index < -0.39 is 4.92 Å². The van der Waals surface area contributed by atoms with E-state index in [1.165, 1.54) is 11.6 Å². The van der Waals surface area contributed by atoms with Crippen molar-refractivity contribution in [2.45, 2.75) is 45.1 Å². The minimum Gasteiger partial charge on any atom is -0.482 e. The van der Waals surface area contributed by atoms with Gasteiger partial charge in [-0.2, -0.15) is 0 Å². The molecular formula is C29H34N2O5. The second-order valence-corrected chi connectivity index (χ2v) is 8.56. The van der Waals surface area contributed by atoms with E-state index in [0.29, 0.717) is 38.2 Å². The molecule has 0 aliphatic rings. The van der Waals surface area contributed by atoms with Gasteiger partial charge >= 0.3 is 5.69 Å². The Morgan fingerprint density at radius 3 is 2.25 bits per heavy atom. The topological polar surface area (TPSA) is 90.7 Å². The number of carbonyl (C=O) groups is 1. The summed E-state index contributed by atoms with van der Waals surface area (Å²) in [5, 5.41) is 14.4. The Hall–Kier alpha value is -3.71. The van der Waals surface area contributed by atoms with Crippen LogP contribution < -0.4 is 10.1 Å². The minimum absolute atomic E-state index is 0.0165. The van der Waals surface area contributed by atoms with Crippen molar-refractivity contribution in [2.24, 2.45) is 0 Å². The quantitative estimate of drug-likeness (QED) is 0.159. The molecule has 36 heavy (non-hydrogen) atoms. The maximum atomic E-state index is 12.2. The summed E-state index contributed by atoms with van der Waals surface area (Å²) in [6.07, 6.45) is 4.48. The molecule has 7 heteroatoms. The molecule has 0 aliphatic heterocycles. The molecule has 3 aromatic rings. The Morgan fingerprint density at radius 1 is 0.806 bits per heavy atom. The first-order valence-corrected chi connectivity index (χ1v) is 12.4. The van der Waals surface area contributed by atoms with Crippen molar-refractivity contribution < 1.29 is 19.2 Å². The number of amides is 1. The van der Waals surface area contributed by atoms with Crippen LogP contribution in [0.2, 0.25) is 0 Å². The first kappa shape index (κ1) is 26.9. The number of rotatable bonds is 16. The van der Waals surface area contributed by atoms with E-state index in [-0.39, 0.29) is 24.0 Å². The Kier molecular flexibility index (Phi) is 11.4. The molecule has 190 valence electrons. The molecule has 0 bridgehead atoms. The summed E-state index contributed by atoms with van der Waals surface area (Å²) in [5.74, 6) is 0.241. The van der Waals surface area contributed by atoms with Gasteiger partial charge in [-0.15, -0.1) is 0 Å². The zero-order chi connectivity index (χ0) is 25.4. The van der Waals surface area contributed by atoms with Gasteiger partial charge in [0.25, 0.3) is 0 Å². The molecule has 0 aliphatic carbocycles. The fourth-order valence-corrected chi connectivity index (χ4v) is 3.84. The average Bonchev–Trinajstić information content (AvgIpc) is 2.90. The summed E-state index contributed by atoms with van der Waals surface area (Å²) < 4.78 is 11.5. The van der Waals surface area contributed by atoms with Crippen LogP contribution in [0, 0.1) is 10.1 Å². The van der Waals surface area contributed by atoms with Crippen LogP contribution in [0.4, 0.5) is 5.69 Å². The van der Waals surface area contributed by atoms with Gasteiger partial charge in [-0.1, -0.05) is 79.2 Å². The third-order valence-corrected chi connectivity index (χ3v) is 5.79. The van der Waals surface area contributed by atoms with Gasteiger partial charge in [0.1, 0.15) is 6.61 Å². The molecule has 0 saturated carbocycles. The second kappa shape index (κ2) is 15.3. The number of hydrogen-bond acceptors (Lipinski definition) is 5. The van der Waals surface area contributed by atoms with Gasteiger partial charge in [-0.05, 0) is 36.8 Å². The van der Waals surface area contributed by atoms with E-state index in [2.05, 4.69) is 17.4 Å². The molecule has 0 heterocycles. The maximum Gasteiger partial charge on any atom is 0.311 e. The number of para-hydroxylation sites is 1. The van der Waals surface area contributed by atoms with Gasteiger partial charge in [0, 0.05) is 31.2 Å². The van der Waals surface area contributed by atoms with E-state index in [1.54, 1.807) is 12.1 Å². The monoisotopic (exact) mass is 490 g/mol. The van der Waals surface area contributed by atoms with Crippen molar-refractivity contribution >= 4 is 11.6 Å². The lowest BCUT2D eigenvalue weighted by Crippen LogP contribution is -2.25. The van der Waals surface area contributed by atoms with Gasteiger partial charge in [-0.25, -0.2) is 0 Å². The van der Waals surface area contributed by atoms with E-state index >= 15 is 0 Å². The highest BCUT2D eigenvalue weighted by molar-refractivity contribution is 5.75. The summed E-state index contributed by atoms with van der Waals surface area (Å²) in [5.41, 5.74) is 2.83. The first-order valence-electron chi connectivity index (χ1n) is 12.4. The highest BCUT2D eigenvalue weighted by Gasteiger charge is 2.19. The summed E-state index contributed by atoms with van der Waals surface area (Å²) in [6.45, 7) is 2.04. The highest BCUT2D eigenvalue weighted by Crippen LogP contribution is 2.32. The number of hydrogen-bond donors (Lipinski definition) is 1. The number of carbonyl (C=O) groups excluding carboxylic acids is 1. The number of unbranched alkanes of at least 4 members (excludes halogenated alkanes) is 2. The Morgan fingerprint density at radius 2 is 1.53 bits per heavy atom. The molecule has 1 N–H and O–H groups in total. The Bertz CT molecular complexity index is 1070. The largest absolute Gasteiger partial charge is 0.482 e. The number of nitro benzene ring substituents is 1. The van der Waals surface area contributed by atoms with Crippen LogP contribution in [0.15, 0.2) is 78.9 Å². The van der Waals surface area contributed by atoms with Crippen LogP contribution in [0.3, 0.4) is 0 Å². The number of nitrogens with zero attached hydrogens (tertiary/aromatic N) is 1. The van der Waals surface area contributed by atoms with Gasteiger partial charge in [-0.3, -0.25) is 14.9 Å². The molecule has 0 saturated heterocycles. The third-order valence-electron chi connectivity index (χ3n) is 5.79. The lowest BCUT2D eigenvalue weighted by molar-refractivity contribution is -0.386. The zero-order valence-corrected chi connectivity index (χ0v) is 20.6. The molecular weight excluding hydrogens is 456 g/mol. The number of ether oxygens (including phenoxy) is 2. The number of nitro groups is 1. The van der Waals surface area contributed by atoms with Gasteiger partial charge in [0.15, 0.2) is 0 Å².